The number of ether oxygens (including phenoxy) is 2. The van der Waals surface area contributed by atoms with E-state index >= 15 is 0 Å². The zero-order valence-corrected chi connectivity index (χ0v) is 25.6. The Morgan fingerprint density at radius 1 is 0.683 bits per heavy atom. The molecule has 0 heterocycles. The van der Waals surface area contributed by atoms with Gasteiger partial charge in [0.2, 0.25) is 0 Å². The van der Waals surface area contributed by atoms with Crippen LogP contribution in [0.5, 0.6) is 0 Å². The summed E-state index contributed by atoms with van der Waals surface area (Å²) >= 11 is 0. The van der Waals surface area contributed by atoms with Gasteiger partial charge in [0.1, 0.15) is 6.61 Å². The molecular formula is C35H56O6. The van der Waals surface area contributed by atoms with E-state index < -0.39 is 24.8 Å². The summed E-state index contributed by atoms with van der Waals surface area (Å²) in [7, 11) is 0. The normalized spacial score (nSPS) is 14.0. The zero-order chi connectivity index (χ0) is 30.2. The quantitative estimate of drug-likeness (QED) is 0.0472. The van der Waals surface area contributed by atoms with Gasteiger partial charge in [0.05, 0.1) is 12.7 Å². The lowest BCUT2D eigenvalue weighted by Gasteiger charge is -2.16. The van der Waals surface area contributed by atoms with E-state index in [0.29, 0.717) is 6.42 Å². The fourth-order valence-corrected chi connectivity index (χ4v) is 3.72. The number of aliphatic hydroxyl groups excluding tert-OH is 2. The second kappa shape index (κ2) is 30.3. The second-order valence-electron chi connectivity index (χ2n) is 10.0. The van der Waals surface area contributed by atoms with Gasteiger partial charge < -0.3 is 19.7 Å². The molecule has 0 spiro atoms. The first-order valence-electron chi connectivity index (χ1n) is 15.6. The summed E-state index contributed by atoms with van der Waals surface area (Å²) < 4.78 is 10.3. The molecule has 0 radical (unpaired) electrons. The fraction of sp³-hybridized carbons (Fsp3) is 0.600. The van der Waals surface area contributed by atoms with Crippen LogP contribution >= 0.6 is 0 Å². The van der Waals surface area contributed by atoms with Gasteiger partial charge in [-0.25, -0.2) is 0 Å². The Morgan fingerprint density at radius 3 is 1.83 bits per heavy atom. The van der Waals surface area contributed by atoms with Gasteiger partial charge in [-0.3, -0.25) is 9.59 Å². The molecule has 0 fully saturated rings. The van der Waals surface area contributed by atoms with Crippen LogP contribution in [0.15, 0.2) is 72.9 Å². The average molecular weight is 573 g/mol. The van der Waals surface area contributed by atoms with Crippen LogP contribution in [0.2, 0.25) is 0 Å². The highest BCUT2D eigenvalue weighted by Gasteiger charge is 2.16. The third-order valence-electron chi connectivity index (χ3n) is 6.13. The van der Waals surface area contributed by atoms with E-state index in [4.69, 9.17) is 9.47 Å². The van der Waals surface area contributed by atoms with E-state index in [1.807, 2.05) is 12.2 Å². The minimum atomic E-state index is -0.865. The Bertz CT molecular complexity index is 805. The SMILES string of the molecule is CC/C=C\C/C=C\C/C=C\C/C=C\C/C=C\C=C/C(O)CCC(=O)OC[C@H](CO)OC(=O)CCCCCCCCC. The Morgan fingerprint density at radius 2 is 1.24 bits per heavy atom. The first kappa shape index (κ1) is 38.3. The summed E-state index contributed by atoms with van der Waals surface area (Å²) in [6.45, 7) is 3.72. The minimum absolute atomic E-state index is 0.0291. The van der Waals surface area contributed by atoms with Crippen LogP contribution in [-0.4, -0.2) is 47.6 Å². The van der Waals surface area contributed by atoms with Crippen LogP contribution in [0.3, 0.4) is 0 Å². The molecule has 0 aliphatic carbocycles. The van der Waals surface area contributed by atoms with Crippen LogP contribution in [0.4, 0.5) is 0 Å². The van der Waals surface area contributed by atoms with E-state index in [0.717, 1.165) is 51.4 Å². The molecule has 0 aromatic carbocycles. The number of allylic oxidation sites excluding steroid dienone is 11. The molecule has 232 valence electrons. The van der Waals surface area contributed by atoms with Gasteiger partial charge in [-0.2, -0.15) is 0 Å². The highest BCUT2D eigenvalue weighted by Crippen LogP contribution is 2.10. The summed E-state index contributed by atoms with van der Waals surface area (Å²) in [6.07, 6.45) is 35.9. The van der Waals surface area contributed by atoms with Crippen molar-refractivity contribution in [1.29, 1.82) is 0 Å². The molecule has 0 aliphatic heterocycles. The summed E-state index contributed by atoms with van der Waals surface area (Å²) in [5.74, 6) is -0.891. The lowest BCUT2D eigenvalue weighted by atomic mass is 10.1. The van der Waals surface area contributed by atoms with Gasteiger partial charge in [0.15, 0.2) is 6.10 Å². The Kier molecular flexibility index (Phi) is 28.3. The molecule has 0 aliphatic rings. The second-order valence-corrected chi connectivity index (χ2v) is 10.0. The summed E-state index contributed by atoms with van der Waals surface area (Å²) in [4.78, 5) is 24.0. The first-order chi connectivity index (χ1) is 20.0. The topological polar surface area (TPSA) is 93.1 Å². The summed E-state index contributed by atoms with van der Waals surface area (Å²) in [5.41, 5.74) is 0. The predicted octanol–water partition coefficient (Wildman–Crippen LogP) is 8.02. The van der Waals surface area contributed by atoms with Crippen molar-refractivity contribution in [2.75, 3.05) is 13.2 Å². The molecule has 0 aromatic rings. The van der Waals surface area contributed by atoms with Crippen molar-refractivity contribution in [2.24, 2.45) is 0 Å². The predicted molar refractivity (Wildman–Crippen MR) is 169 cm³/mol. The number of hydrogen-bond donors (Lipinski definition) is 2. The van der Waals surface area contributed by atoms with Crippen LogP contribution in [0.25, 0.3) is 0 Å². The zero-order valence-electron chi connectivity index (χ0n) is 25.6. The fourth-order valence-electron chi connectivity index (χ4n) is 3.72. The molecule has 2 N–H and O–H groups in total. The van der Waals surface area contributed by atoms with E-state index in [-0.39, 0.29) is 25.4 Å². The van der Waals surface area contributed by atoms with E-state index in [1.165, 1.54) is 25.7 Å². The van der Waals surface area contributed by atoms with E-state index in [2.05, 4.69) is 62.5 Å². The number of unbranched alkanes of at least 4 members (excludes halogenated alkanes) is 6. The lowest BCUT2D eigenvalue weighted by Crippen LogP contribution is -2.28. The monoisotopic (exact) mass is 572 g/mol. The van der Waals surface area contributed by atoms with Gasteiger partial charge >= 0.3 is 11.9 Å². The molecule has 0 saturated heterocycles. The third-order valence-corrected chi connectivity index (χ3v) is 6.13. The number of hydrogen-bond acceptors (Lipinski definition) is 6. The Hall–Kier alpha value is -2.70. The lowest BCUT2D eigenvalue weighted by molar-refractivity contribution is -0.161. The molecule has 0 amide bonds. The number of aliphatic hydroxyl groups is 2. The number of rotatable bonds is 26. The van der Waals surface area contributed by atoms with Crippen LogP contribution in [-0.2, 0) is 19.1 Å². The van der Waals surface area contributed by atoms with Gasteiger partial charge in [-0.15, -0.1) is 0 Å². The van der Waals surface area contributed by atoms with Crippen molar-refractivity contribution in [1.82, 2.24) is 0 Å². The molecular weight excluding hydrogens is 516 g/mol. The van der Waals surface area contributed by atoms with Crippen molar-refractivity contribution in [3.05, 3.63) is 72.9 Å². The van der Waals surface area contributed by atoms with Crippen molar-refractivity contribution in [3.8, 4) is 0 Å². The Labute approximate surface area is 249 Å². The number of carbonyl (C=O) groups is 2. The van der Waals surface area contributed by atoms with Gasteiger partial charge in [0.25, 0.3) is 0 Å². The molecule has 0 rings (SSSR count). The van der Waals surface area contributed by atoms with Crippen molar-refractivity contribution in [3.63, 3.8) is 0 Å². The largest absolute Gasteiger partial charge is 0.462 e. The minimum Gasteiger partial charge on any atom is -0.462 e. The van der Waals surface area contributed by atoms with Gasteiger partial charge in [-0.1, -0.05) is 125 Å². The molecule has 6 heteroatoms. The van der Waals surface area contributed by atoms with Crippen molar-refractivity contribution in [2.45, 2.75) is 122 Å². The number of esters is 2. The van der Waals surface area contributed by atoms with Crippen molar-refractivity contribution >= 4 is 11.9 Å². The number of carbonyl (C=O) groups excluding carboxylic acids is 2. The van der Waals surface area contributed by atoms with Crippen molar-refractivity contribution < 1.29 is 29.3 Å². The smallest absolute Gasteiger partial charge is 0.306 e. The Balaban J connectivity index is 3.93. The standard InChI is InChI=1S/C35H56O6/c1-3-5-7-9-11-12-13-14-15-16-17-18-19-21-22-24-26-32(37)28-29-34(38)40-31-33(30-36)41-35(39)27-25-23-20-10-8-6-4-2/h5,7,11-12,14-15,17-18,21-22,24,26,32-33,36-37H,3-4,6,8-10,13,16,19-20,23,25,27-31H2,1-2H3/b7-5-,12-11-,15-14-,18-17-,22-21-,26-24-/t32?,33-/m0/s1. The average Bonchev–Trinajstić information content (AvgIpc) is 2.97. The van der Waals surface area contributed by atoms with Gasteiger partial charge in [0, 0.05) is 12.8 Å². The maximum atomic E-state index is 12.0. The molecule has 6 nitrogen and oxygen atoms in total. The molecule has 2 atom stereocenters. The highest BCUT2D eigenvalue weighted by molar-refractivity contribution is 5.70. The molecule has 41 heavy (non-hydrogen) atoms. The van der Waals surface area contributed by atoms with E-state index in [9.17, 15) is 19.8 Å². The van der Waals surface area contributed by atoms with Crippen LogP contribution in [0.1, 0.15) is 110 Å². The van der Waals surface area contributed by atoms with Crippen LogP contribution < -0.4 is 0 Å². The van der Waals surface area contributed by atoms with Crippen LogP contribution in [0, 0.1) is 0 Å². The maximum absolute atomic E-state index is 12.0. The van der Waals surface area contributed by atoms with Gasteiger partial charge in [-0.05, 0) is 44.9 Å². The molecule has 0 aromatic heterocycles. The summed E-state index contributed by atoms with van der Waals surface area (Å²) in [6, 6.07) is 0. The summed E-state index contributed by atoms with van der Waals surface area (Å²) in [5, 5.41) is 19.5. The maximum Gasteiger partial charge on any atom is 0.306 e. The third kappa shape index (κ3) is 28.6. The molecule has 0 bridgehead atoms. The molecule has 1 unspecified atom stereocenters. The highest BCUT2D eigenvalue weighted by atomic mass is 16.6. The molecule has 0 saturated carbocycles. The first-order valence-corrected chi connectivity index (χ1v) is 15.6. The van der Waals surface area contributed by atoms with E-state index in [1.54, 1.807) is 12.2 Å².